The van der Waals surface area contributed by atoms with Gasteiger partial charge in [-0.2, -0.15) is 0 Å². The van der Waals surface area contributed by atoms with Crippen molar-refractivity contribution in [3.8, 4) is 11.5 Å². The van der Waals surface area contributed by atoms with Crippen LogP contribution in [0.2, 0.25) is 0 Å². The van der Waals surface area contributed by atoms with Crippen molar-refractivity contribution in [2.24, 2.45) is 0 Å². The molecule has 0 fully saturated rings. The molecule has 0 spiro atoms. The zero-order valence-corrected chi connectivity index (χ0v) is 10.6. The summed E-state index contributed by atoms with van der Waals surface area (Å²) < 4.78 is 5.58. The predicted molar refractivity (Wildman–Crippen MR) is 71.2 cm³/mol. The quantitative estimate of drug-likeness (QED) is 0.664. The number of phenolic OH excluding ortho intramolecular Hbond substituents is 1. The van der Waals surface area contributed by atoms with Crippen LogP contribution in [0, 0.1) is 0 Å². The molecule has 0 bridgehead atoms. The number of aliphatic hydroxyl groups is 1. The van der Waals surface area contributed by atoms with Gasteiger partial charge >= 0.3 is 0 Å². The summed E-state index contributed by atoms with van der Waals surface area (Å²) >= 11 is 0. The molecule has 1 aromatic heterocycles. The third kappa shape index (κ3) is 1.44. The fourth-order valence-corrected chi connectivity index (χ4v) is 3.35. The van der Waals surface area contributed by atoms with Gasteiger partial charge in [-0.15, -0.1) is 0 Å². The maximum Gasteiger partial charge on any atom is 0.248 e. The number of pyridine rings is 1. The van der Waals surface area contributed by atoms with Crippen molar-refractivity contribution in [3.05, 3.63) is 57.5 Å². The van der Waals surface area contributed by atoms with Gasteiger partial charge in [0.25, 0.3) is 0 Å². The molecule has 20 heavy (non-hydrogen) atoms. The molecule has 0 unspecified atom stereocenters. The van der Waals surface area contributed by atoms with E-state index in [1.165, 1.54) is 6.07 Å². The molecule has 5 heteroatoms. The van der Waals surface area contributed by atoms with Crippen LogP contribution in [0.25, 0.3) is 0 Å². The van der Waals surface area contributed by atoms with Gasteiger partial charge in [0.15, 0.2) is 0 Å². The van der Waals surface area contributed by atoms with Gasteiger partial charge in [-0.1, -0.05) is 6.07 Å². The topological polar surface area (TPSA) is 82.6 Å². The number of aromatic hydroxyl groups is 1. The first-order valence-electron chi connectivity index (χ1n) is 6.46. The number of aromatic nitrogens is 1. The highest BCUT2D eigenvalue weighted by atomic mass is 16.5. The van der Waals surface area contributed by atoms with Gasteiger partial charge < -0.3 is 19.9 Å². The minimum atomic E-state index is -1.03. The summed E-state index contributed by atoms with van der Waals surface area (Å²) in [6, 6.07) is 6.43. The first kappa shape index (κ1) is 11.5. The fraction of sp³-hybridized carbons (Fsp3) is 0.267. The summed E-state index contributed by atoms with van der Waals surface area (Å²) in [4.78, 5) is 14.1. The highest BCUT2D eigenvalue weighted by molar-refractivity contribution is 5.54. The van der Waals surface area contributed by atoms with Crippen LogP contribution in [-0.4, -0.2) is 27.4 Å². The molecule has 4 rings (SSSR count). The van der Waals surface area contributed by atoms with E-state index in [4.69, 9.17) is 4.74 Å². The highest BCUT2D eigenvalue weighted by Crippen LogP contribution is 2.50. The van der Waals surface area contributed by atoms with Gasteiger partial charge in [0, 0.05) is 36.2 Å². The van der Waals surface area contributed by atoms with Gasteiger partial charge in [-0.05, 0) is 17.2 Å². The fourth-order valence-electron chi connectivity index (χ4n) is 3.35. The van der Waals surface area contributed by atoms with Crippen molar-refractivity contribution in [1.82, 2.24) is 4.98 Å². The van der Waals surface area contributed by atoms with Crippen molar-refractivity contribution in [1.29, 1.82) is 0 Å². The molecule has 2 atom stereocenters. The Kier molecular flexibility index (Phi) is 2.10. The lowest BCUT2D eigenvalue weighted by molar-refractivity contribution is -0.0219. The maximum atomic E-state index is 11.4. The number of aromatic amines is 1. The van der Waals surface area contributed by atoms with E-state index in [1.807, 2.05) is 0 Å². The number of ether oxygens (including phenoxy) is 1. The minimum absolute atomic E-state index is 0.133. The van der Waals surface area contributed by atoms with Crippen LogP contribution in [0.1, 0.15) is 22.6 Å². The average Bonchev–Trinajstić information content (AvgIpc) is 2.70. The summed E-state index contributed by atoms with van der Waals surface area (Å²) in [6.07, 6.45) is 2.07. The number of hydrogen-bond acceptors (Lipinski definition) is 4. The van der Waals surface area contributed by atoms with E-state index in [-0.39, 0.29) is 23.8 Å². The van der Waals surface area contributed by atoms with Gasteiger partial charge in [-0.3, -0.25) is 4.79 Å². The highest BCUT2D eigenvalue weighted by Gasteiger charge is 2.50. The van der Waals surface area contributed by atoms with Crippen LogP contribution >= 0.6 is 0 Å². The molecule has 1 aliphatic heterocycles. The van der Waals surface area contributed by atoms with E-state index in [9.17, 15) is 15.0 Å². The molecule has 3 N–H and O–H groups in total. The number of benzene rings is 1. The van der Waals surface area contributed by atoms with E-state index >= 15 is 0 Å². The molecule has 2 heterocycles. The number of H-pyrrole nitrogens is 1. The van der Waals surface area contributed by atoms with E-state index in [1.54, 1.807) is 24.4 Å². The molecular weight excluding hydrogens is 258 g/mol. The first-order chi connectivity index (χ1) is 9.57. The molecule has 1 aromatic carbocycles. The van der Waals surface area contributed by atoms with Crippen molar-refractivity contribution in [3.63, 3.8) is 0 Å². The third-order valence-electron chi connectivity index (χ3n) is 4.18. The Morgan fingerprint density at radius 3 is 3.00 bits per heavy atom. The Hall–Kier alpha value is -2.27. The number of rotatable bonds is 0. The maximum absolute atomic E-state index is 11.4. The Balaban J connectivity index is 1.95. The van der Waals surface area contributed by atoms with E-state index < -0.39 is 5.60 Å². The van der Waals surface area contributed by atoms with Gasteiger partial charge in [0.2, 0.25) is 5.56 Å². The average molecular weight is 271 g/mol. The Morgan fingerprint density at radius 1 is 1.30 bits per heavy atom. The SMILES string of the molecule is O=c1cc2c(c[nH]1)[C@@H]1c3ccc(O)cc3OC[C@]1(O)C2. The summed E-state index contributed by atoms with van der Waals surface area (Å²) in [5.41, 5.74) is 1.40. The number of nitrogens with one attached hydrogen (secondary N) is 1. The molecule has 0 radical (unpaired) electrons. The molecule has 102 valence electrons. The van der Waals surface area contributed by atoms with Crippen molar-refractivity contribution in [2.75, 3.05) is 6.61 Å². The molecule has 2 aliphatic rings. The Labute approximate surface area is 114 Å². The second-order valence-electron chi connectivity index (χ2n) is 5.50. The van der Waals surface area contributed by atoms with Crippen molar-refractivity contribution >= 4 is 0 Å². The summed E-state index contributed by atoms with van der Waals surface area (Å²) in [5.74, 6) is 0.478. The van der Waals surface area contributed by atoms with Gasteiger partial charge in [0.1, 0.15) is 23.7 Å². The van der Waals surface area contributed by atoms with Gasteiger partial charge in [0.05, 0.1) is 0 Å². The summed E-state index contributed by atoms with van der Waals surface area (Å²) in [6.45, 7) is 0.150. The molecule has 5 nitrogen and oxygen atoms in total. The van der Waals surface area contributed by atoms with E-state index in [2.05, 4.69) is 4.98 Å². The second kappa shape index (κ2) is 3.64. The molecule has 1 aliphatic carbocycles. The molecular formula is C15H13NO4. The second-order valence-corrected chi connectivity index (χ2v) is 5.50. The van der Waals surface area contributed by atoms with Crippen LogP contribution < -0.4 is 10.3 Å². The summed E-state index contributed by atoms with van der Waals surface area (Å²) in [7, 11) is 0. The Bertz CT molecular complexity index is 767. The van der Waals surface area contributed by atoms with Crippen LogP contribution in [0.15, 0.2) is 35.3 Å². The Morgan fingerprint density at radius 2 is 2.15 bits per heavy atom. The lowest BCUT2D eigenvalue weighted by Gasteiger charge is -2.36. The zero-order chi connectivity index (χ0) is 13.9. The number of phenols is 1. The smallest absolute Gasteiger partial charge is 0.248 e. The summed E-state index contributed by atoms with van der Waals surface area (Å²) in [5, 5.41) is 20.4. The molecule has 2 aromatic rings. The van der Waals surface area contributed by atoms with Gasteiger partial charge in [-0.25, -0.2) is 0 Å². The van der Waals surface area contributed by atoms with Crippen molar-refractivity contribution in [2.45, 2.75) is 17.9 Å². The van der Waals surface area contributed by atoms with Crippen LogP contribution in [-0.2, 0) is 6.42 Å². The predicted octanol–water partition coefficient (Wildman–Crippen LogP) is 0.892. The zero-order valence-electron chi connectivity index (χ0n) is 10.6. The number of fused-ring (bicyclic) bond motifs is 5. The van der Waals surface area contributed by atoms with Crippen molar-refractivity contribution < 1.29 is 14.9 Å². The largest absolute Gasteiger partial charge is 0.508 e. The van der Waals surface area contributed by atoms with E-state index in [0.717, 1.165) is 16.7 Å². The van der Waals surface area contributed by atoms with E-state index in [0.29, 0.717) is 12.2 Å². The standard InChI is InChI=1S/C15H13NO4/c17-9-1-2-10-12(4-9)20-7-15(19)5-8-3-13(18)16-6-11(8)14(10)15/h1-4,6,14,17,19H,5,7H2,(H,16,18)/t14-,15+/m0/s1. The lowest BCUT2D eigenvalue weighted by atomic mass is 9.81. The molecule has 0 saturated heterocycles. The third-order valence-corrected chi connectivity index (χ3v) is 4.18. The normalized spacial score (nSPS) is 26.4. The molecule has 0 saturated carbocycles. The number of hydrogen-bond donors (Lipinski definition) is 3. The van der Waals surface area contributed by atoms with Crippen LogP contribution in [0.5, 0.6) is 11.5 Å². The molecule has 0 amide bonds. The van der Waals surface area contributed by atoms with Crippen LogP contribution in [0.3, 0.4) is 0 Å². The van der Waals surface area contributed by atoms with Crippen LogP contribution in [0.4, 0.5) is 0 Å². The lowest BCUT2D eigenvalue weighted by Crippen LogP contribution is -2.43. The monoisotopic (exact) mass is 271 g/mol. The minimum Gasteiger partial charge on any atom is -0.508 e. The first-order valence-corrected chi connectivity index (χ1v) is 6.46.